The Morgan fingerprint density at radius 3 is 2.33 bits per heavy atom. The minimum Gasteiger partial charge on any atom is -0.356 e. The molecule has 1 saturated heterocycles. The Morgan fingerprint density at radius 1 is 0.909 bits per heavy atom. The summed E-state index contributed by atoms with van der Waals surface area (Å²) in [6.45, 7) is 7.36. The zero-order valence-corrected chi connectivity index (χ0v) is 21.9. The van der Waals surface area contributed by atoms with Crippen molar-refractivity contribution in [2.24, 2.45) is 4.99 Å². The van der Waals surface area contributed by atoms with Crippen molar-refractivity contribution in [1.82, 2.24) is 20.0 Å². The lowest BCUT2D eigenvalue weighted by Gasteiger charge is -2.36. The second-order valence-corrected chi connectivity index (χ2v) is 8.66. The van der Waals surface area contributed by atoms with Gasteiger partial charge in [0.25, 0.3) is 0 Å². The first-order chi connectivity index (χ1) is 15.7. The predicted molar refractivity (Wildman–Crippen MR) is 145 cm³/mol. The predicted octanol–water partition coefficient (Wildman–Crippen LogP) is 3.36. The van der Waals surface area contributed by atoms with Crippen LogP contribution in [0.2, 0.25) is 0 Å². The molecular formula is C26H36IN5O. The molecule has 178 valence electrons. The molecule has 0 aromatic heterocycles. The maximum atomic E-state index is 12.7. The van der Waals surface area contributed by atoms with Crippen LogP contribution in [-0.4, -0.2) is 72.9 Å². The van der Waals surface area contributed by atoms with Gasteiger partial charge in [0.05, 0.1) is 0 Å². The average Bonchev–Trinajstić information content (AvgIpc) is 2.85. The van der Waals surface area contributed by atoms with E-state index in [0.29, 0.717) is 6.42 Å². The Balaban J connectivity index is 0.00000306. The Hall–Kier alpha value is -2.13. The van der Waals surface area contributed by atoms with E-state index >= 15 is 0 Å². The number of hydrogen-bond donors (Lipinski definition) is 1. The number of halogens is 1. The number of nitrogens with one attached hydrogen (secondary N) is 1. The van der Waals surface area contributed by atoms with Gasteiger partial charge in [0.1, 0.15) is 0 Å². The van der Waals surface area contributed by atoms with Crippen molar-refractivity contribution in [3.05, 3.63) is 71.3 Å². The first-order valence-corrected chi connectivity index (χ1v) is 11.8. The van der Waals surface area contributed by atoms with E-state index in [1.807, 2.05) is 11.9 Å². The molecule has 2 aromatic rings. The Labute approximate surface area is 215 Å². The molecule has 7 heteroatoms. The fourth-order valence-electron chi connectivity index (χ4n) is 4.60. The quantitative estimate of drug-likeness (QED) is 0.255. The van der Waals surface area contributed by atoms with Crippen molar-refractivity contribution < 1.29 is 4.79 Å². The van der Waals surface area contributed by atoms with Crippen LogP contribution in [0.15, 0.2) is 59.6 Å². The Kier molecular flexibility index (Phi) is 9.99. The minimum absolute atomic E-state index is 0. The molecule has 6 nitrogen and oxygen atoms in total. The monoisotopic (exact) mass is 561 g/mol. The van der Waals surface area contributed by atoms with Crippen LogP contribution < -0.4 is 5.32 Å². The molecule has 33 heavy (non-hydrogen) atoms. The van der Waals surface area contributed by atoms with E-state index < -0.39 is 0 Å². The summed E-state index contributed by atoms with van der Waals surface area (Å²) in [6, 6.07) is 19.1. The van der Waals surface area contributed by atoms with Crippen LogP contribution >= 0.6 is 24.0 Å². The summed E-state index contributed by atoms with van der Waals surface area (Å²) in [5.41, 5.74) is 4.04. The number of carbonyl (C=O) groups is 1. The van der Waals surface area contributed by atoms with Crippen LogP contribution in [0.25, 0.3) is 0 Å². The smallest absolute Gasteiger partial charge is 0.222 e. The molecule has 2 aliphatic heterocycles. The van der Waals surface area contributed by atoms with E-state index in [1.165, 1.54) is 16.7 Å². The zero-order valence-electron chi connectivity index (χ0n) is 19.6. The number of guanidine groups is 1. The van der Waals surface area contributed by atoms with Gasteiger partial charge in [-0.15, -0.1) is 24.0 Å². The van der Waals surface area contributed by atoms with Gasteiger partial charge < -0.3 is 15.1 Å². The summed E-state index contributed by atoms with van der Waals surface area (Å²) in [4.78, 5) is 24.0. The third-order valence-corrected chi connectivity index (χ3v) is 6.47. The van der Waals surface area contributed by atoms with Gasteiger partial charge in [0.15, 0.2) is 5.96 Å². The molecule has 4 rings (SSSR count). The van der Waals surface area contributed by atoms with E-state index in [2.05, 4.69) is 74.7 Å². The standard InChI is InChI=1S/C26H35N5O.HI/c1-27-26(30-18-16-29(17-19-30)20-22-8-3-2-4-9-22)28-14-7-12-25(32)31-15-13-23-10-5-6-11-24(23)21-31;/h2-6,8-11H,7,12-21H2,1H3,(H,27,28);1H. The number of rotatable bonds is 6. The highest BCUT2D eigenvalue weighted by molar-refractivity contribution is 14.0. The van der Waals surface area contributed by atoms with Gasteiger partial charge in [-0.05, 0) is 29.5 Å². The maximum absolute atomic E-state index is 12.7. The zero-order chi connectivity index (χ0) is 22.2. The number of amides is 1. The van der Waals surface area contributed by atoms with Crippen LogP contribution in [-0.2, 0) is 24.3 Å². The molecule has 0 bridgehead atoms. The highest BCUT2D eigenvalue weighted by atomic mass is 127. The number of fused-ring (bicyclic) bond motifs is 1. The van der Waals surface area contributed by atoms with E-state index in [4.69, 9.17) is 0 Å². The average molecular weight is 562 g/mol. The normalized spacial score (nSPS) is 16.7. The molecule has 1 amide bonds. The van der Waals surface area contributed by atoms with Crippen LogP contribution in [0.3, 0.4) is 0 Å². The van der Waals surface area contributed by atoms with Crippen molar-refractivity contribution in [3.63, 3.8) is 0 Å². The highest BCUT2D eigenvalue weighted by Gasteiger charge is 2.21. The van der Waals surface area contributed by atoms with Gasteiger partial charge in [0, 0.05) is 65.8 Å². The van der Waals surface area contributed by atoms with Gasteiger partial charge >= 0.3 is 0 Å². The third-order valence-electron chi connectivity index (χ3n) is 6.47. The van der Waals surface area contributed by atoms with Gasteiger partial charge in [0.2, 0.25) is 5.91 Å². The fourth-order valence-corrected chi connectivity index (χ4v) is 4.60. The summed E-state index contributed by atoms with van der Waals surface area (Å²) in [7, 11) is 1.84. The number of nitrogens with zero attached hydrogens (tertiary/aromatic N) is 4. The lowest BCUT2D eigenvalue weighted by atomic mass is 9.99. The van der Waals surface area contributed by atoms with Crippen molar-refractivity contribution in [2.75, 3.05) is 46.3 Å². The first kappa shape index (κ1) is 25.5. The van der Waals surface area contributed by atoms with Crippen molar-refractivity contribution in [3.8, 4) is 0 Å². The van der Waals surface area contributed by atoms with Gasteiger partial charge in [-0.1, -0.05) is 54.6 Å². The maximum Gasteiger partial charge on any atom is 0.222 e. The van der Waals surface area contributed by atoms with Crippen molar-refractivity contribution >= 4 is 35.8 Å². The number of carbonyl (C=O) groups excluding carboxylic acids is 1. The highest BCUT2D eigenvalue weighted by Crippen LogP contribution is 2.19. The van der Waals surface area contributed by atoms with Crippen LogP contribution in [0.5, 0.6) is 0 Å². The second kappa shape index (κ2) is 12.9. The summed E-state index contributed by atoms with van der Waals surface area (Å²) >= 11 is 0. The number of aliphatic imine (C=N–C) groups is 1. The molecule has 2 heterocycles. The van der Waals surface area contributed by atoms with Gasteiger partial charge in [-0.2, -0.15) is 0 Å². The van der Waals surface area contributed by atoms with E-state index in [1.54, 1.807) is 0 Å². The molecule has 2 aliphatic rings. The van der Waals surface area contributed by atoms with Crippen LogP contribution in [0.1, 0.15) is 29.5 Å². The lowest BCUT2D eigenvalue weighted by Crippen LogP contribution is -2.52. The lowest BCUT2D eigenvalue weighted by molar-refractivity contribution is -0.132. The van der Waals surface area contributed by atoms with Gasteiger partial charge in [-0.3, -0.25) is 14.7 Å². The molecule has 0 radical (unpaired) electrons. The minimum atomic E-state index is 0. The van der Waals surface area contributed by atoms with Gasteiger partial charge in [-0.25, -0.2) is 0 Å². The molecule has 0 atom stereocenters. The number of benzene rings is 2. The number of hydrogen-bond acceptors (Lipinski definition) is 3. The van der Waals surface area contributed by atoms with Crippen molar-refractivity contribution in [1.29, 1.82) is 0 Å². The Bertz CT molecular complexity index is 912. The van der Waals surface area contributed by atoms with E-state index in [9.17, 15) is 4.79 Å². The summed E-state index contributed by atoms with van der Waals surface area (Å²) in [6.07, 6.45) is 2.37. The van der Waals surface area contributed by atoms with Crippen molar-refractivity contribution in [2.45, 2.75) is 32.4 Å². The molecule has 0 aliphatic carbocycles. The van der Waals surface area contributed by atoms with E-state index in [-0.39, 0.29) is 29.9 Å². The topological polar surface area (TPSA) is 51.2 Å². The molecule has 2 aromatic carbocycles. The third kappa shape index (κ3) is 7.17. The number of piperazine rings is 1. The van der Waals surface area contributed by atoms with Crippen LogP contribution in [0, 0.1) is 0 Å². The molecule has 0 unspecified atom stereocenters. The molecule has 0 saturated carbocycles. The van der Waals surface area contributed by atoms with Crippen LogP contribution in [0.4, 0.5) is 0 Å². The molecular weight excluding hydrogens is 525 g/mol. The Morgan fingerprint density at radius 2 is 1.61 bits per heavy atom. The molecule has 0 spiro atoms. The molecule has 1 fully saturated rings. The largest absolute Gasteiger partial charge is 0.356 e. The summed E-state index contributed by atoms with van der Waals surface area (Å²) in [5.74, 6) is 1.20. The van der Waals surface area contributed by atoms with E-state index in [0.717, 1.165) is 71.2 Å². The first-order valence-electron chi connectivity index (χ1n) is 11.8. The summed E-state index contributed by atoms with van der Waals surface area (Å²) < 4.78 is 0. The fraction of sp³-hybridized carbons (Fsp3) is 0.462. The SMILES string of the molecule is CN=C(NCCCC(=O)N1CCc2ccccc2C1)N1CCN(Cc2ccccc2)CC1.I. The molecule has 1 N–H and O–H groups in total. The second-order valence-electron chi connectivity index (χ2n) is 8.66. The summed E-state index contributed by atoms with van der Waals surface area (Å²) in [5, 5.41) is 3.46.